The van der Waals surface area contributed by atoms with Crippen molar-refractivity contribution >= 4 is 18.2 Å². The second-order valence-corrected chi connectivity index (χ2v) is 4.47. The van der Waals surface area contributed by atoms with E-state index in [2.05, 4.69) is 9.97 Å². The number of nitrogens with two attached hydrogens (primary N) is 1. The molecular formula is C16H16N4O3. The lowest BCUT2D eigenvalue weighted by Gasteiger charge is -2.11. The summed E-state index contributed by atoms with van der Waals surface area (Å²) in [5.74, 6) is 0.671. The lowest BCUT2D eigenvalue weighted by molar-refractivity contribution is 0.111. The van der Waals surface area contributed by atoms with Crippen LogP contribution in [0.3, 0.4) is 0 Å². The molecule has 23 heavy (non-hydrogen) atoms. The number of allylic oxidation sites excluding steroid dienone is 1. The van der Waals surface area contributed by atoms with E-state index in [9.17, 15) is 4.79 Å². The largest absolute Gasteiger partial charge is 0.486 e. The topological polar surface area (TPSA) is 111 Å². The molecule has 2 aromatic heterocycles. The molecule has 0 unspecified atom stereocenters. The van der Waals surface area contributed by atoms with E-state index in [1.807, 2.05) is 6.07 Å². The molecule has 7 nitrogen and oxygen atoms in total. The first-order valence-corrected chi connectivity index (χ1v) is 6.72. The summed E-state index contributed by atoms with van der Waals surface area (Å²) in [5.41, 5.74) is 7.84. The average Bonchev–Trinajstić information content (AvgIpc) is 2.60. The van der Waals surface area contributed by atoms with Gasteiger partial charge in [-0.05, 0) is 12.1 Å². The summed E-state index contributed by atoms with van der Waals surface area (Å²) in [6.45, 7) is 0.157. The van der Waals surface area contributed by atoms with Gasteiger partial charge in [0.1, 0.15) is 12.4 Å². The Morgan fingerprint density at radius 3 is 2.96 bits per heavy atom. The Morgan fingerprint density at radius 1 is 1.43 bits per heavy atom. The van der Waals surface area contributed by atoms with Crippen LogP contribution >= 0.6 is 0 Å². The Morgan fingerprint density at radius 2 is 2.26 bits per heavy atom. The number of methoxy groups -OCH3 is 1. The first-order chi connectivity index (χ1) is 11.2. The van der Waals surface area contributed by atoms with Crippen LogP contribution in [0.15, 0.2) is 36.7 Å². The number of aromatic nitrogens is 2. The molecule has 0 aliphatic heterocycles. The molecule has 0 aromatic carbocycles. The van der Waals surface area contributed by atoms with E-state index in [4.69, 9.17) is 20.6 Å². The number of hydrogen-bond donors (Lipinski definition) is 2. The Kier molecular flexibility index (Phi) is 5.40. The number of nitrogens with zero attached hydrogens (tertiary/aromatic N) is 2. The van der Waals surface area contributed by atoms with Gasteiger partial charge in [-0.15, -0.1) is 0 Å². The summed E-state index contributed by atoms with van der Waals surface area (Å²) in [7, 11) is 1.47. The molecule has 3 N–H and O–H groups in total. The third-order valence-corrected chi connectivity index (χ3v) is 3.02. The predicted octanol–water partition coefficient (Wildman–Crippen LogP) is 1.83. The molecule has 0 fully saturated rings. The van der Waals surface area contributed by atoms with E-state index in [-0.39, 0.29) is 6.61 Å². The summed E-state index contributed by atoms with van der Waals surface area (Å²) in [4.78, 5) is 19.4. The number of nitrogens with one attached hydrogen (secondary N) is 1. The second-order valence-electron chi connectivity index (χ2n) is 4.47. The van der Waals surface area contributed by atoms with Gasteiger partial charge in [-0.3, -0.25) is 9.78 Å². The van der Waals surface area contributed by atoms with Gasteiger partial charge < -0.3 is 20.6 Å². The number of hydrogen-bond acceptors (Lipinski definition) is 7. The fraction of sp³-hybridized carbons (Fsp3) is 0.125. The van der Waals surface area contributed by atoms with Crippen LogP contribution in [0.1, 0.15) is 21.6 Å². The number of carbonyl (C=O) groups is 1. The highest BCUT2D eigenvalue weighted by Gasteiger charge is 2.10. The van der Waals surface area contributed by atoms with Gasteiger partial charge in [0, 0.05) is 24.0 Å². The van der Waals surface area contributed by atoms with Crippen LogP contribution in [0.4, 0.5) is 0 Å². The molecule has 0 atom stereocenters. The van der Waals surface area contributed by atoms with Gasteiger partial charge >= 0.3 is 0 Å². The Balaban J connectivity index is 2.23. The van der Waals surface area contributed by atoms with Crippen molar-refractivity contribution in [1.82, 2.24) is 9.97 Å². The lowest BCUT2D eigenvalue weighted by atomic mass is 10.1. The summed E-state index contributed by atoms with van der Waals surface area (Å²) in [5, 5.41) is 7.08. The van der Waals surface area contributed by atoms with Crippen molar-refractivity contribution in [3.8, 4) is 11.6 Å². The van der Waals surface area contributed by atoms with E-state index >= 15 is 0 Å². The fourth-order valence-corrected chi connectivity index (χ4v) is 1.90. The summed E-state index contributed by atoms with van der Waals surface area (Å²) in [6.07, 6.45) is 6.24. The zero-order chi connectivity index (χ0) is 16.7. The molecule has 0 amide bonds. The number of rotatable bonds is 7. The fourth-order valence-electron chi connectivity index (χ4n) is 1.90. The number of carbonyl (C=O) groups excluding carboxylic acids is 1. The molecule has 0 saturated heterocycles. The van der Waals surface area contributed by atoms with Crippen LogP contribution in [0, 0.1) is 5.41 Å². The van der Waals surface area contributed by atoms with Gasteiger partial charge in [0.25, 0.3) is 0 Å². The maximum Gasteiger partial charge on any atom is 0.213 e. The van der Waals surface area contributed by atoms with Gasteiger partial charge in [-0.2, -0.15) is 0 Å². The minimum Gasteiger partial charge on any atom is -0.486 e. The highest BCUT2D eigenvalue weighted by molar-refractivity contribution is 5.81. The predicted molar refractivity (Wildman–Crippen MR) is 85.7 cm³/mol. The van der Waals surface area contributed by atoms with E-state index in [1.165, 1.54) is 25.4 Å². The van der Waals surface area contributed by atoms with Crippen LogP contribution in [-0.4, -0.2) is 29.6 Å². The van der Waals surface area contributed by atoms with Crippen LogP contribution in [0.2, 0.25) is 0 Å². The van der Waals surface area contributed by atoms with Crippen molar-refractivity contribution < 1.29 is 14.3 Å². The monoisotopic (exact) mass is 312 g/mol. The van der Waals surface area contributed by atoms with Crippen molar-refractivity contribution in [2.45, 2.75) is 6.61 Å². The molecule has 2 rings (SSSR count). The van der Waals surface area contributed by atoms with E-state index in [1.54, 1.807) is 12.3 Å². The molecule has 0 aliphatic rings. The molecule has 2 aromatic rings. The first kappa shape index (κ1) is 16.2. The number of ether oxygens (including phenoxy) is 2. The van der Waals surface area contributed by atoms with Gasteiger partial charge in [-0.25, -0.2) is 4.98 Å². The van der Waals surface area contributed by atoms with E-state index in [0.29, 0.717) is 34.9 Å². The van der Waals surface area contributed by atoms with Gasteiger partial charge in [-0.1, -0.05) is 6.07 Å². The molecule has 0 aliphatic carbocycles. The van der Waals surface area contributed by atoms with Crippen molar-refractivity contribution in [1.29, 1.82) is 5.41 Å². The standard InChI is InChI=1S/C16H16N4O3/c1-22-15-7-12(9-21)14(8-20-15)23-10-11-3-2-6-19-16(11)13(18)4-5-17/h2-9,17H,10,18H2,1H3/b13-4-,17-5?. The zero-order valence-electron chi connectivity index (χ0n) is 12.5. The molecule has 0 radical (unpaired) electrons. The smallest absolute Gasteiger partial charge is 0.213 e. The minimum atomic E-state index is 0.157. The normalized spacial score (nSPS) is 10.9. The minimum absolute atomic E-state index is 0.157. The van der Waals surface area contributed by atoms with Gasteiger partial charge in [0.05, 0.1) is 30.3 Å². The number of aldehydes is 1. The molecule has 0 spiro atoms. The van der Waals surface area contributed by atoms with Crippen molar-refractivity contribution in [3.63, 3.8) is 0 Å². The molecule has 2 heterocycles. The van der Waals surface area contributed by atoms with Crippen molar-refractivity contribution in [2.75, 3.05) is 7.11 Å². The maximum absolute atomic E-state index is 11.1. The summed E-state index contributed by atoms with van der Waals surface area (Å²) in [6, 6.07) is 5.06. The second kappa shape index (κ2) is 7.69. The van der Waals surface area contributed by atoms with Crippen LogP contribution in [0.25, 0.3) is 5.70 Å². The quantitative estimate of drug-likeness (QED) is 0.596. The number of pyridine rings is 2. The summed E-state index contributed by atoms with van der Waals surface area (Å²) >= 11 is 0. The third kappa shape index (κ3) is 3.91. The maximum atomic E-state index is 11.1. The Hall–Kier alpha value is -3.22. The zero-order valence-corrected chi connectivity index (χ0v) is 12.5. The summed E-state index contributed by atoms with van der Waals surface area (Å²) < 4.78 is 10.6. The SMILES string of the molecule is COc1cc(C=O)c(OCc2cccnc2/C(N)=C/C=N)cn1. The van der Waals surface area contributed by atoms with E-state index in [0.717, 1.165) is 11.8 Å². The highest BCUT2D eigenvalue weighted by atomic mass is 16.5. The third-order valence-electron chi connectivity index (χ3n) is 3.02. The van der Waals surface area contributed by atoms with Crippen LogP contribution in [-0.2, 0) is 6.61 Å². The molecular weight excluding hydrogens is 296 g/mol. The Bertz CT molecular complexity index is 744. The van der Waals surface area contributed by atoms with Gasteiger partial charge in [0.15, 0.2) is 6.29 Å². The van der Waals surface area contributed by atoms with E-state index < -0.39 is 0 Å². The average molecular weight is 312 g/mol. The molecule has 0 saturated carbocycles. The van der Waals surface area contributed by atoms with Crippen molar-refractivity contribution in [3.05, 3.63) is 53.5 Å². The Labute approximate surface area is 133 Å². The highest BCUT2D eigenvalue weighted by Crippen LogP contribution is 2.22. The lowest BCUT2D eigenvalue weighted by Crippen LogP contribution is -2.07. The van der Waals surface area contributed by atoms with Crippen LogP contribution < -0.4 is 15.2 Å². The molecule has 0 bridgehead atoms. The molecule has 7 heteroatoms. The van der Waals surface area contributed by atoms with Crippen molar-refractivity contribution in [2.24, 2.45) is 5.73 Å². The first-order valence-electron chi connectivity index (χ1n) is 6.72. The molecule has 118 valence electrons. The van der Waals surface area contributed by atoms with Crippen LogP contribution in [0.5, 0.6) is 11.6 Å². The van der Waals surface area contributed by atoms with Gasteiger partial charge in [0.2, 0.25) is 5.88 Å².